The third-order valence-corrected chi connectivity index (χ3v) is 1.15. The Bertz CT molecular complexity index is 64.6. The largest absolute Gasteiger partial charge is 0.383 e. The smallest absolute Gasteiger partial charge is 0.0613 e. The van der Waals surface area contributed by atoms with Crippen molar-refractivity contribution >= 4 is 0 Å². The molecule has 0 aromatic rings. The molecule has 0 aromatic carbocycles. The third kappa shape index (κ3) is 13.0. The summed E-state index contributed by atoms with van der Waals surface area (Å²) in [5, 5.41) is 0. The Morgan fingerprint density at radius 3 is 2.00 bits per heavy atom. The minimum absolute atomic E-state index is 0.218. The second-order valence-electron chi connectivity index (χ2n) is 2.84. The van der Waals surface area contributed by atoms with E-state index in [1.54, 1.807) is 7.11 Å². The molecule has 2 nitrogen and oxygen atoms in total. The van der Waals surface area contributed by atoms with Crippen LogP contribution in [0.5, 0.6) is 0 Å². The van der Waals surface area contributed by atoms with Gasteiger partial charge >= 0.3 is 0 Å². The molecule has 2 N–H and O–H groups in total. The standard InChI is InChI=1S/C7H17NO.C2H6/c1-6(2)4-7(8)5-9-3;1-2/h6-7H,4-5,8H2,1-3H3;1-2H3. The molecule has 0 aromatic heterocycles. The lowest BCUT2D eigenvalue weighted by Crippen LogP contribution is -2.27. The van der Waals surface area contributed by atoms with Crippen LogP contribution in [0.15, 0.2) is 0 Å². The van der Waals surface area contributed by atoms with Crippen LogP contribution in [-0.4, -0.2) is 19.8 Å². The van der Waals surface area contributed by atoms with Gasteiger partial charge in [0.05, 0.1) is 6.61 Å². The predicted molar refractivity (Wildman–Crippen MR) is 50.7 cm³/mol. The molecule has 0 rings (SSSR count). The van der Waals surface area contributed by atoms with Crippen molar-refractivity contribution in [2.24, 2.45) is 11.7 Å². The number of rotatable bonds is 4. The highest BCUT2D eigenvalue weighted by Crippen LogP contribution is 2.01. The zero-order valence-corrected chi connectivity index (χ0v) is 8.55. The van der Waals surface area contributed by atoms with Crippen LogP contribution in [0.2, 0.25) is 0 Å². The Kier molecular flexibility index (Phi) is 12.2. The molecule has 0 aliphatic heterocycles. The summed E-state index contributed by atoms with van der Waals surface area (Å²) in [7, 11) is 1.68. The normalized spacial score (nSPS) is 12.3. The van der Waals surface area contributed by atoms with E-state index in [1.165, 1.54) is 0 Å². The summed E-state index contributed by atoms with van der Waals surface area (Å²) in [6.45, 7) is 9.00. The van der Waals surface area contributed by atoms with Crippen molar-refractivity contribution in [2.75, 3.05) is 13.7 Å². The van der Waals surface area contributed by atoms with E-state index in [2.05, 4.69) is 13.8 Å². The molecule has 0 spiro atoms. The Morgan fingerprint density at radius 2 is 1.73 bits per heavy atom. The summed E-state index contributed by atoms with van der Waals surface area (Å²) in [6, 6.07) is 0.218. The highest BCUT2D eigenvalue weighted by atomic mass is 16.5. The maximum Gasteiger partial charge on any atom is 0.0613 e. The van der Waals surface area contributed by atoms with Crippen LogP contribution in [0.1, 0.15) is 34.1 Å². The molecule has 1 unspecified atom stereocenters. The number of methoxy groups -OCH3 is 1. The predicted octanol–water partition coefficient (Wildman–Crippen LogP) is 2.03. The number of ether oxygens (including phenoxy) is 1. The zero-order chi connectivity index (χ0) is 9.28. The second kappa shape index (κ2) is 9.92. The summed E-state index contributed by atoms with van der Waals surface area (Å²) in [5.74, 6) is 0.676. The van der Waals surface area contributed by atoms with Crippen LogP contribution < -0.4 is 5.73 Å². The molecular formula is C9H23NO. The summed E-state index contributed by atoms with van der Waals surface area (Å²) >= 11 is 0. The first-order valence-corrected chi connectivity index (χ1v) is 4.41. The van der Waals surface area contributed by atoms with Gasteiger partial charge in [-0.1, -0.05) is 27.7 Å². The van der Waals surface area contributed by atoms with Crippen molar-refractivity contribution in [3.63, 3.8) is 0 Å². The van der Waals surface area contributed by atoms with Crippen LogP contribution in [0, 0.1) is 5.92 Å². The van der Waals surface area contributed by atoms with Gasteiger partial charge in [-0.3, -0.25) is 0 Å². The highest BCUT2D eigenvalue weighted by molar-refractivity contribution is 4.61. The van der Waals surface area contributed by atoms with Gasteiger partial charge in [-0.05, 0) is 12.3 Å². The zero-order valence-electron chi connectivity index (χ0n) is 8.55. The van der Waals surface area contributed by atoms with E-state index in [-0.39, 0.29) is 6.04 Å². The molecular weight excluding hydrogens is 138 g/mol. The van der Waals surface area contributed by atoms with E-state index < -0.39 is 0 Å². The molecule has 0 aliphatic carbocycles. The van der Waals surface area contributed by atoms with Crippen LogP contribution >= 0.6 is 0 Å². The van der Waals surface area contributed by atoms with Crippen molar-refractivity contribution < 1.29 is 4.74 Å². The molecule has 1 atom stereocenters. The molecule has 0 bridgehead atoms. The van der Waals surface area contributed by atoms with Gasteiger partial charge in [-0.25, -0.2) is 0 Å². The topological polar surface area (TPSA) is 35.2 Å². The maximum absolute atomic E-state index is 5.66. The summed E-state index contributed by atoms with van der Waals surface area (Å²) < 4.78 is 4.88. The van der Waals surface area contributed by atoms with Crippen LogP contribution in [0.25, 0.3) is 0 Å². The molecule has 70 valence electrons. The quantitative estimate of drug-likeness (QED) is 0.684. The lowest BCUT2D eigenvalue weighted by Gasteiger charge is -2.11. The van der Waals surface area contributed by atoms with E-state index in [0.717, 1.165) is 6.42 Å². The fraction of sp³-hybridized carbons (Fsp3) is 1.00. The lowest BCUT2D eigenvalue weighted by molar-refractivity contribution is 0.172. The Hall–Kier alpha value is -0.0800. The summed E-state index contributed by atoms with van der Waals surface area (Å²) in [6.07, 6.45) is 1.05. The fourth-order valence-corrected chi connectivity index (χ4v) is 0.888. The van der Waals surface area contributed by atoms with Crippen LogP contribution in [-0.2, 0) is 4.74 Å². The van der Waals surface area contributed by atoms with E-state index in [1.807, 2.05) is 13.8 Å². The number of hydrogen-bond acceptors (Lipinski definition) is 2. The fourth-order valence-electron chi connectivity index (χ4n) is 0.888. The maximum atomic E-state index is 5.66. The SMILES string of the molecule is CC.COCC(N)CC(C)C. The van der Waals surface area contributed by atoms with Crippen molar-refractivity contribution in [3.8, 4) is 0 Å². The van der Waals surface area contributed by atoms with Gasteiger partial charge in [-0.2, -0.15) is 0 Å². The Balaban J connectivity index is 0. The average molecular weight is 161 g/mol. The van der Waals surface area contributed by atoms with E-state index >= 15 is 0 Å². The van der Waals surface area contributed by atoms with Gasteiger partial charge < -0.3 is 10.5 Å². The van der Waals surface area contributed by atoms with E-state index in [9.17, 15) is 0 Å². The van der Waals surface area contributed by atoms with Gasteiger partial charge in [0, 0.05) is 13.2 Å². The first-order valence-electron chi connectivity index (χ1n) is 4.41. The molecule has 0 amide bonds. The Labute approximate surface area is 71.1 Å². The summed E-state index contributed by atoms with van der Waals surface area (Å²) in [4.78, 5) is 0. The first kappa shape index (κ1) is 13.5. The second-order valence-corrected chi connectivity index (χ2v) is 2.84. The molecule has 0 heterocycles. The minimum Gasteiger partial charge on any atom is -0.383 e. The molecule has 0 aliphatic rings. The average Bonchev–Trinajstić information content (AvgIpc) is 1.91. The van der Waals surface area contributed by atoms with Crippen molar-refractivity contribution in [1.29, 1.82) is 0 Å². The van der Waals surface area contributed by atoms with Crippen molar-refractivity contribution in [1.82, 2.24) is 0 Å². The van der Waals surface area contributed by atoms with Crippen LogP contribution in [0.4, 0.5) is 0 Å². The molecule has 11 heavy (non-hydrogen) atoms. The van der Waals surface area contributed by atoms with E-state index in [0.29, 0.717) is 12.5 Å². The van der Waals surface area contributed by atoms with Crippen molar-refractivity contribution in [3.05, 3.63) is 0 Å². The molecule has 0 saturated carbocycles. The lowest BCUT2D eigenvalue weighted by atomic mass is 10.1. The summed E-state index contributed by atoms with van der Waals surface area (Å²) in [5.41, 5.74) is 5.66. The molecule has 0 saturated heterocycles. The third-order valence-electron chi connectivity index (χ3n) is 1.15. The van der Waals surface area contributed by atoms with Gasteiger partial charge in [0.15, 0.2) is 0 Å². The van der Waals surface area contributed by atoms with Gasteiger partial charge in [0.25, 0.3) is 0 Å². The Morgan fingerprint density at radius 1 is 1.27 bits per heavy atom. The number of nitrogens with two attached hydrogens (primary N) is 1. The van der Waals surface area contributed by atoms with Gasteiger partial charge in [0.1, 0.15) is 0 Å². The monoisotopic (exact) mass is 161 g/mol. The highest BCUT2D eigenvalue weighted by Gasteiger charge is 2.03. The van der Waals surface area contributed by atoms with Crippen LogP contribution in [0.3, 0.4) is 0 Å². The first-order chi connectivity index (χ1) is 5.16. The number of hydrogen-bond donors (Lipinski definition) is 1. The molecule has 2 heteroatoms. The van der Waals surface area contributed by atoms with Crippen molar-refractivity contribution in [2.45, 2.75) is 40.2 Å². The van der Waals surface area contributed by atoms with Gasteiger partial charge in [0.2, 0.25) is 0 Å². The van der Waals surface area contributed by atoms with Gasteiger partial charge in [-0.15, -0.1) is 0 Å². The van der Waals surface area contributed by atoms with E-state index in [4.69, 9.17) is 10.5 Å². The minimum atomic E-state index is 0.218. The molecule has 0 fully saturated rings. The molecule has 0 radical (unpaired) electrons.